The normalized spacial score (nSPS) is 13.9. The largest absolute Gasteiger partial charge is 0.480 e. The van der Waals surface area contributed by atoms with Gasteiger partial charge in [0.1, 0.15) is 6.04 Å². The third-order valence-electron chi connectivity index (χ3n) is 2.84. The van der Waals surface area contributed by atoms with Crippen molar-refractivity contribution in [3.8, 4) is 0 Å². The maximum atomic E-state index is 11.2. The maximum Gasteiger partial charge on any atom is 0.321 e. The molecular weight excluding hydrogens is 214 g/mol. The molecule has 0 heterocycles. The predicted molar refractivity (Wildman–Crippen MR) is 68.7 cm³/mol. The molecule has 1 rings (SSSR count). The van der Waals surface area contributed by atoms with Crippen molar-refractivity contribution in [3.63, 3.8) is 0 Å². The van der Waals surface area contributed by atoms with E-state index in [1.54, 1.807) is 6.08 Å². The second-order valence-corrected chi connectivity index (χ2v) is 3.99. The van der Waals surface area contributed by atoms with Gasteiger partial charge < -0.3 is 5.11 Å². The van der Waals surface area contributed by atoms with Crippen molar-refractivity contribution >= 4 is 5.97 Å². The summed E-state index contributed by atoms with van der Waals surface area (Å²) in [7, 11) is 0. The van der Waals surface area contributed by atoms with E-state index in [9.17, 15) is 9.90 Å². The summed E-state index contributed by atoms with van der Waals surface area (Å²) in [6, 6.07) is 9.20. The third kappa shape index (κ3) is 4.04. The highest BCUT2D eigenvalue weighted by Gasteiger charge is 2.23. The molecule has 0 aliphatic heterocycles. The highest BCUT2D eigenvalue weighted by atomic mass is 16.4. The van der Waals surface area contributed by atoms with Gasteiger partial charge in [-0.05, 0) is 12.0 Å². The van der Waals surface area contributed by atoms with Crippen molar-refractivity contribution in [2.75, 3.05) is 0 Å². The lowest BCUT2D eigenvalue weighted by Crippen LogP contribution is -2.41. The fourth-order valence-electron chi connectivity index (χ4n) is 1.78. The van der Waals surface area contributed by atoms with Crippen LogP contribution >= 0.6 is 0 Å². The van der Waals surface area contributed by atoms with Crippen molar-refractivity contribution in [2.24, 2.45) is 5.92 Å². The summed E-state index contributed by atoms with van der Waals surface area (Å²) >= 11 is 0. The number of carbonyl (C=O) groups is 1. The van der Waals surface area contributed by atoms with E-state index in [0.717, 1.165) is 12.0 Å². The number of hydrogen-bond donors (Lipinski definition) is 2. The van der Waals surface area contributed by atoms with E-state index in [1.165, 1.54) is 0 Å². The molecule has 2 atom stereocenters. The molecule has 92 valence electrons. The van der Waals surface area contributed by atoms with Gasteiger partial charge in [0, 0.05) is 12.5 Å². The van der Waals surface area contributed by atoms with Gasteiger partial charge in [-0.2, -0.15) is 0 Å². The van der Waals surface area contributed by atoms with Gasteiger partial charge in [-0.3, -0.25) is 10.1 Å². The average molecular weight is 233 g/mol. The molecule has 0 aliphatic carbocycles. The quantitative estimate of drug-likeness (QED) is 0.711. The van der Waals surface area contributed by atoms with Crippen molar-refractivity contribution in [1.82, 2.24) is 5.32 Å². The Morgan fingerprint density at radius 2 is 2.12 bits per heavy atom. The zero-order chi connectivity index (χ0) is 12.7. The molecule has 0 amide bonds. The minimum Gasteiger partial charge on any atom is -0.480 e. The van der Waals surface area contributed by atoms with E-state index < -0.39 is 12.0 Å². The lowest BCUT2D eigenvalue weighted by Gasteiger charge is -2.20. The van der Waals surface area contributed by atoms with E-state index in [-0.39, 0.29) is 5.92 Å². The van der Waals surface area contributed by atoms with Gasteiger partial charge in [-0.1, -0.05) is 43.3 Å². The molecule has 0 saturated carbocycles. The van der Waals surface area contributed by atoms with Gasteiger partial charge >= 0.3 is 5.97 Å². The first-order valence-corrected chi connectivity index (χ1v) is 5.81. The fraction of sp³-hybridized carbons (Fsp3) is 0.357. The van der Waals surface area contributed by atoms with Gasteiger partial charge in [0.25, 0.3) is 0 Å². The Morgan fingerprint density at radius 3 is 2.59 bits per heavy atom. The van der Waals surface area contributed by atoms with Crippen LogP contribution in [-0.2, 0) is 11.3 Å². The van der Waals surface area contributed by atoms with Gasteiger partial charge in [-0.15, -0.1) is 6.58 Å². The fourth-order valence-corrected chi connectivity index (χ4v) is 1.78. The predicted octanol–water partition coefficient (Wildman–Crippen LogP) is 2.44. The summed E-state index contributed by atoms with van der Waals surface area (Å²) < 4.78 is 0. The molecule has 1 aromatic carbocycles. The van der Waals surface area contributed by atoms with E-state index in [0.29, 0.717) is 6.54 Å². The van der Waals surface area contributed by atoms with Crippen LogP contribution in [0.1, 0.15) is 18.9 Å². The average Bonchev–Trinajstić information content (AvgIpc) is 2.35. The van der Waals surface area contributed by atoms with E-state index >= 15 is 0 Å². The Labute approximate surface area is 102 Å². The molecule has 1 aromatic rings. The lowest BCUT2D eigenvalue weighted by molar-refractivity contribution is -0.140. The van der Waals surface area contributed by atoms with Crippen LogP contribution in [0.5, 0.6) is 0 Å². The number of rotatable bonds is 7. The summed E-state index contributed by atoms with van der Waals surface area (Å²) in [6.45, 7) is 6.21. The molecule has 0 fully saturated rings. The lowest BCUT2D eigenvalue weighted by atomic mass is 9.97. The van der Waals surface area contributed by atoms with Crippen LogP contribution in [0.15, 0.2) is 43.0 Å². The number of carboxylic acid groups (broad SMARTS) is 1. The van der Waals surface area contributed by atoms with Crippen LogP contribution in [-0.4, -0.2) is 17.1 Å². The van der Waals surface area contributed by atoms with Crippen LogP contribution in [0.3, 0.4) is 0 Å². The number of hydrogen-bond acceptors (Lipinski definition) is 2. The van der Waals surface area contributed by atoms with E-state index in [4.69, 9.17) is 0 Å². The SMILES string of the molecule is C=C[C@@H](CC)[C@H](NCc1ccccc1)C(=O)O. The molecule has 0 aliphatic rings. The second kappa shape index (κ2) is 6.86. The Morgan fingerprint density at radius 1 is 1.47 bits per heavy atom. The maximum absolute atomic E-state index is 11.2. The molecule has 17 heavy (non-hydrogen) atoms. The van der Waals surface area contributed by atoms with Gasteiger partial charge in [0.2, 0.25) is 0 Å². The Hall–Kier alpha value is -1.61. The smallest absolute Gasteiger partial charge is 0.321 e. The monoisotopic (exact) mass is 233 g/mol. The number of aliphatic carboxylic acids is 1. The Balaban J connectivity index is 2.62. The minimum atomic E-state index is -0.826. The van der Waals surface area contributed by atoms with Crippen molar-refractivity contribution in [1.29, 1.82) is 0 Å². The van der Waals surface area contributed by atoms with Gasteiger partial charge in [0.15, 0.2) is 0 Å². The van der Waals surface area contributed by atoms with Gasteiger partial charge in [-0.25, -0.2) is 0 Å². The molecule has 0 spiro atoms. The zero-order valence-corrected chi connectivity index (χ0v) is 10.1. The van der Waals surface area contributed by atoms with Crippen LogP contribution in [0, 0.1) is 5.92 Å². The standard InChI is InChI=1S/C14H19NO2/c1-3-12(4-2)13(14(16)17)15-10-11-8-6-5-7-9-11/h3,5-9,12-13,15H,1,4,10H2,2H3,(H,16,17)/t12-,13-/m0/s1. The molecule has 3 heteroatoms. The summed E-state index contributed by atoms with van der Waals surface area (Å²) in [5, 5.41) is 12.2. The van der Waals surface area contributed by atoms with Crippen LogP contribution < -0.4 is 5.32 Å². The Bertz CT molecular complexity index is 362. The van der Waals surface area contributed by atoms with Crippen LogP contribution in [0.25, 0.3) is 0 Å². The van der Waals surface area contributed by atoms with Crippen LogP contribution in [0.2, 0.25) is 0 Å². The first kappa shape index (κ1) is 13.5. The second-order valence-electron chi connectivity index (χ2n) is 3.99. The van der Waals surface area contributed by atoms with E-state index in [1.807, 2.05) is 37.3 Å². The minimum absolute atomic E-state index is 0.0452. The number of carboxylic acids is 1. The molecular formula is C14H19NO2. The molecule has 0 unspecified atom stereocenters. The molecule has 2 N–H and O–H groups in total. The third-order valence-corrected chi connectivity index (χ3v) is 2.84. The van der Waals surface area contributed by atoms with E-state index in [2.05, 4.69) is 11.9 Å². The first-order valence-electron chi connectivity index (χ1n) is 5.81. The molecule has 0 aromatic heterocycles. The van der Waals surface area contributed by atoms with Gasteiger partial charge in [0.05, 0.1) is 0 Å². The molecule has 0 saturated heterocycles. The first-order chi connectivity index (χ1) is 8.19. The number of benzene rings is 1. The highest BCUT2D eigenvalue weighted by Crippen LogP contribution is 2.11. The zero-order valence-electron chi connectivity index (χ0n) is 10.1. The van der Waals surface area contributed by atoms with Crippen molar-refractivity contribution in [3.05, 3.63) is 48.6 Å². The van der Waals surface area contributed by atoms with Crippen molar-refractivity contribution in [2.45, 2.75) is 25.9 Å². The molecule has 0 bridgehead atoms. The summed E-state index contributed by atoms with van der Waals surface area (Å²) in [5.74, 6) is -0.871. The topological polar surface area (TPSA) is 49.3 Å². The Kier molecular flexibility index (Phi) is 5.43. The number of nitrogens with one attached hydrogen (secondary N) is 1. The van der Waals surface area contributed by atoms with Crippen molar-refractivity contribution < 1.29 is 9.90 Å². The highest BCUT2D eigenvalue weighted by molar-refractivity contribution is 5.74. The van der Waals surface area contributed by atoms with Crippen LogP contribution in [0.4, 0.5) is 0 Å². The summed E-state index contributed by atoms with van der Waals surface area (Å²) in [5.41, 5.74) is 1.08. The molecule has 0 radical (unpaired) electrons. The molecule has 3 nitrogen and oxygen atoms in total. The summed E-state index contributed by atoms with van der Waals surface area (Å²) in [4.78, 5) is 11.2. The summed E-state index contributed by atoms with van der Waals surface area (Å²) in [6.07, 6.45) is 2.47.